The van der Waals surface area contributed by atoms with E-state index in [2.05, 4.69) is 10.3 Å². The van der Waals surface area contributed by atoms with Crippen LogP contribution in [-0.4, -0.2) is 22.0 Å². The van der Waals surface area contributed by atoms with E-state index in [1.165, 1.54) is 4.40 Å². The lowest BCUT2D eigenvalue weighted by molar-refractivity contribution is 0.0525. The van der Waals surface area contributed by atoms with Gasteiger partial charge in [-0.3, -0.25) is 9.20 Å². The van der Waals surface area contributed by atoms with Crippen molar-refractivity contribution >= 4 is 28.8 Å². The first-order chi connectivity index (χ1) is 11.6. The highest BCUT2D eigenvalue weighted by atomic mass is 16.5. The number of nitrogens with zero attached hydrogens (tertiary/aromatic N) is 2. The summed E-state index contributed by atoms with van der Waals surface area (Å²) in [4.78, 5) is 29.3. The van der Waals surface area contributed by atoms with Gasteiger partial charge in [-0.2, -0.15) is 0 Å². The number of nitrogen functional groups attached to an aromatic ring is 1. The van der Waals surface area contributed by atoms with Gasteiger partial charge >= 0.3 is 5.97 Å². The molecular formula is C17H16N4O3. The predicted octanol–water partition coefficient (Wildman–Crippen LogP) is 2.20. The SMILES string of the molecule is CCOC(=O)c1c(Nc2cccc(N)c2)nc2ccccn2c1=O. The quantitative estimate of drug-likeness (QED) is 0.564. The van der Waals surface area contributed by atoms with Crippen LogP contribution in [0.4, 0.5) is 17.2 Å². The molecule has 0 bridgehead atoms. The van der Waals surface area contributed by atoms with E-state index in [-0.39, 0.29) is 18.0 Å². The van der Waals surface area contributed by atoms with Crippen LogP contribution in [0.2, 0.25) is 0 Å². The zero-order valence-electron chi connectivity index (χ0n) is 13.0. The topological polar surface area (TPSA) is 98.7 Å². The van der Waals surface area contributed by atoms with Crippen molar-refractivity contribution in [2.24, 2.45) is 0 Å². The van der Waals surface area contributed by atoms with Crippen molar-refractivity contribution in [2.75, 3.05) is 17.7 Å². The number of fused-ring (bicyclic) bond motifs is 1. The molecule has 0 aliphatic rings. The molecule has 0 atom stereocenters. The van der Waals surface area contributed by atoms with E-state index >= 15 is 0 Å². The van der Waals surface area contributed by atoms with Gasteiger partial charge in [0.2, 0.25) is 0 Å². The van der Waals surface area contributed by atoms with E-state index < -0.39 is 11.5 Å². The molecule has 0 unspecified atom stereocenters. The molecule has 0 radical (unpaired) electrons. The Kier molecular flexibility index (Phi) is 4.15. The number of carbonyl (C=O) groups excluding carboxylic acids is 1. The van der Waals surface area contributed by atoms with Crippen LogP contribution in [-0.2, 0) is 4.74 Å². The van der Waals surface area contributed by atoms with Crippen LogP contribution >= 0.6 is 0 Å². The number of aromatic nitrogens is 2. The van der Waals surface area contributed by atoms with Gasteiger partial charge in [0.15, 0.2) is 11.4 Å². The predicted molar refractivity (Wildman–Crippen MR) is 91.6 cm³/mol. The Hall–Kier alpha value is -3.35. The molecule has 3 rings (SSSR count). The summed E-state index contributed by atoms with van der Waals surface area (Å²) in [6.07, 6.45) is 1.55. The van der Waals surface area contributed by atoms with E-state index in [0.717, 1.165) is 0 Å². The second-order valence-electron chi connectivity index (χ2n) is 5.04. The lowest BCUT2D eigenvalue weighted by Gasteiger charge is -2.12. The number of pyridine rings is 1. The van der Waals surface area contributed by atoms with Gasteiger partial charge in [-0.15, -0.1) is 0 Å². The Balaban J connectivity index is 2.18. The van der Waals surface area contributed by atoms with E-state index in [1.54, 1.807) is 55.6 Å². The lowest BCUT2D eigenvalue weighted by atomic mass is 10.2. The third-order valence-electron chi connectivity index (χ3n) is 3.36. The first kappa shape index (κ1) is 15.5. The number of rotatable bonds is 4. The number of hydrogen-bond donors (Lipinski definition) is 2. The fourth-order valence-corrected chi connectivity index (χ4v) is 2.32. The summed E-state index contributed by atoms with van der Waals surface area (Å²) in [5.74, 6) is -0.588. The Bertz CT molecular complexity index is 965. The largest absolute Gasteiger partial charge is 0.462 e. The minimum Gasteiger partial charge on any atom is -0.462 e. The van der Waals surface area contributed by atoms with Gasteiger partial charge in [0.05, 0.1) is 6.61 Å². The Morgan fingerprint density at radius 3 is 2.88 bits per heavy atom. The number of carbonyl (C=O) groups is 1. The molecule has 3 N–H and O–H groups in total. The summed E-state index contributed by atoms with van der Waals surface area (Å²) in [6.45, 7) is 1.84. The summed E-state index contributed by atoms with van der Waals surface area (Å²) in [5.41, 5.74) is 6.70. The molecule has 2 heterocycles. The van der Waals surface area contributed by atoms with Crippen LogP contribution in [0.3, 0.4) is 0 Å². The van der Waals surface area contributed by atoms with E-state index in [0.29, 0.717) is 17.0 Å². The molecule has 24 heavy (non-hydrogen) atoms. The minimum atomic E-state index is -0.723. The lowest BCUT2D eigenvalue weighted by Crippen LogP contribution is -2.26. The van der Waals surface area contributed by atoms with Gasteiger partial charge in [-0.25, -0.2) is 9.78 Å². The highest BCUT2D eigenvalue weighted by Gasteiger charge is 2.21. The molecule has 0 aliphatic carbocycles. The monoisotopic (exact) mass is 324 g/mol. The molecule has 1 aromatic carbocycles. The van der Waals surface area contributed by atoms with Crippen molar-refractivity contribution in [3.63, 3.8) is 0 Å². The van der Waals surface area contributed by atoms with Crippen LogP contribution in [0.25, 0.3) is 5.65 Å². The maximum atomic E-state index is 12.7. The normalized spacial score (nSPS) is 10.5. The van der Waals surface area contributed by atoms with E-state index in [9.17, 15) is 9.59 Å². The van der Waals surface area contributed by atoms with Crippen molar-refractivity contribution in [1.29, 1.82) is 0 Å². The second-order valence-corrected chi connectivity index (χ2v) is 5.04. The third-order valence-corrected chi connectivity index (χ3v) is 3.36. The van der Waals surface area contributed by atoms with Crippen molar-refractivity contribution in [3.8, 4) is 0 Å². The fraction of sp³-hybridized carbons (Fsp3) is 0.118. The van der Waals surface area contributed by atoms with E-state index in [4.69, 9.17) is 10.5 Å². The number of nitrogens with one attached hydrogen (secondary N) is 1. The number of benzene rings is 1. The molecule has 0 saturated heterocycles. The second kappa shape index (κ2) is 6.41. The molecule has 0 saturated carbocycles. The van der Waals surface area contributed by atoms with Gasteiger partial charge in [0.25, 0.3) is 5.56 Å². The Morgan fingerprint density at radius 1 is 1.29 bits per heavy atom. The maximum Gasteiger partial charge on any atom is 0.347 e. The van der Waals surface area contributed by atoms with Gasteiger partial charge in [0, 0.05) is 17.6 Å². The highest BCUT2D eigenvalue weighted by molar-refractivity contribution is 5.95. The van der Waals surface area contributed by atoms with Crippen molar-refractivity contribution < 1.29 is 9.53 Å². The standard InChI is InChI=1S/C17H16N4O3/c1-2-24-17(23)14-15(19-12-7-5-6-11(18)10-12)20-13-8-3-4-9-21(13)16(14)22/h3-10,19H,2,18H2,1H3. The zero-order valence-corrected chi connectivity index (χ0v) is 13.0. The molecule has 7 nitrogen and oxygen atoms in total. The van der Waals surface area contributed by atoms with Crippen molar-refractivity contribution in [3.05, 3.63) is 64.6 Å². The van der Waals surface area contributed by atoms with Crippen molar-refractivity contribution in [1.82, 2.24) is 9.38 Å². The summed E-state index contributed by atoms with van der Waals surface area (Å²) in [7, 11) is 0. The molecular weight excluding hydrogens is 308 g/mol. The van der Waals surface area contributed by atoms with E-state index in [1.807, 2.05) is 0 Å². The van der Waals surface area contributed by atoms with Gasteiger partial charge in [-0.05, 0) is 37.3 Å². The number of hydrogen-bond acceptors (Lipinski definition) is 6. The van der Waals surface area contributed by atoms with Crippen LogP contribution in [0.1, 0.15) is 17.3 Å². The number of ether oxygens (including phenoxy) is 1. The molecule has 0 fully saturated rings. The molecule has 0 aliphatic heterocycles. The molecule has 122 valence electrons. The smallest absolute Gasteiger partial charge is 0.347 e. The molecule has 3 aromatic rings. The highest BCUT2D eigenvalue weighted by Crippen LogP contribution is 2.20. The first-order valence-corrected chi connectivity index (χ1v) is 7.41. The van der Waals surface area contributed by atoms with Crippen molar-refractivity contribution in [2.45, 2.75) is 6.92 Å². The van der Waals surface area contributed by atoms with Gasteiger partial charge < -0.3 is 15.8 Å². The summed E-state index contributed by atoms with van der Waals surface area (Å²) < 4.78 is 6.31. The molecule has 0 spiro atoms. The first-order valence-electron chi connectivity index (χ1n) is 7.41. The Labute approximate surface area is 137 Å². The third kappa shape index (κ3) is 2.91. The van der Waals surface area contributed by atoms with Crippen LogP contribution in [0.15, 0.2) is 53.5 Å². The van der Waals surface area contributed by atoms with Crippen LogP contribution in [0, 0.1) is 0 Å². The molecule has 7 heteroatoms. The average molecular weight is 324 g/mol. The fourth-order valence-electron chi connectivity index (χ4n) is 2.32. The maximum absolute atomic E-state index is 12.7. The average Bonchev–Trinajstić information content (AvgIpc) is 2.55. The Morgan fingerprint density at radius 2 is 2.12 bits per heavy atom. The molecule has 0 amide bonds. The van der Waals surface area contributed by atoms with Crippen LogP contribution < -0.4 is 16.6 Å². The van der Waals surface area contributed by atoms with Gasteiger partial charge in [0.1, 0.15) is 5.65 Å². The summed E-state index contributed by atoms with van der Waals surface area (Å²) in [6, 6.07) is 12.1. The summed E-state index contributed by atoms with van der Waals surface area (Å²) in [5, 5.41) is 2.98. The minimum absolute atomic E-state index is 0.134. The summed E-state index contributed by atoms with van der Waals surface area (Å²) >= 11 is 0. The number of nitrogens with two attached hydrogens (primary N) is 1. The number of esters is 1. The number of anilines is 3. The molecule has 2 aromatic heterocycles. The van der Waals surface area contributed by atoms with Gasteiger partial charge in [-0.1, -0.05) is 12.1 Å². The van der Waals surface area contributed by atoms with Crippen LogP contribution in [0.5, 0.6) is 0 Å². The zero-order chi connectivity index (χ0) is 17.1.